The summed E-state index contributed by atoms with van der Waals surface area (Å²) in [6.07, 6.45) is 0.534. The molecule has 0 saturated carbocycles. The maximum atomic E-state index is 12.8. The van der Waals surface area contributed by atoms with E-state index in [4.69, 9.17) is 4.74 Å². The summed E-state index contributed by atoms with van der Waals surface area (Å²) >= 11 is 3.39. The van der Waals surface area contributed by atoms with E-state index in [0.717, 1.165) is 10.0 Å². The Bertz CT molecular complexity index is 578. The van der Waals surface area contributed by atoms with E-state index < -0.39 is 10.0 Å². The summed E-state index contributed by atoms with van der Waals surface area (Å²) < 4.78 is 33.7. The minimum atomic E-state index is -3.45. The number of rotatable bonds is 3. The van der Waals surface area contributed by atoms with Crippen LogP contribution in [0.4, 0.5) is 0 Å². The molecule has 0 amide bonds. The van der Waals surface area contributed by atoms with Crippen LogP contribution in [-0.2, 0) is 21.2 Å². The van der Waals surface area contributed by atoms with E-state index in [9.17, 15) is 8.42 Å². The average molecular weight is 362 g/mol. The Labute approximate surface area is 129 Å². The molecule has 0 bridgehead atoms. The van der Waals surface area contributed by atoms with Crippen molar-refractivity contribution >= 4 is 26.0 Å². The molecule has 2 atom stereocenters. The standard InChI is InChI=1S/C14H20BrNO3S/c1-4-12-7-13(15)5-6-14(12)20(17,18)16-8-10(2)19-11(3)9-16/h5-7,10-11H,4,8-9H2,1-3H3/t10-,11+. The Morgan fingerprint density at radius 3 is 2.45 bits per heavy atom. The molecule has 0 unspecified atom stereocenters. The van der Waals surface area contributed by atoms with E-state index in [2.05, 4.69) is 15.9 Å². The zero-order valence-electron chi connectivity index (χ0n) is 12.0. The monoisotopic (exact) mass is 361 g/mol. The highest BCUT2D eigenvalue weighted by molar-refractivity contribution is 9.10. The van der Waals surface area contributed by atoms with Gasteiger partial charge in [0, 0.05) is 17.6 Å². The Morgan fingerprint density at radius 2 is 1.90 bits per heavy atom. The maximum absolute atomic E-state index is 12.8. The zero-order chi connectivity index (χ0) is 14.9. The molecular formula is C14H20BrNO3S. The van der Waals surface area contributed by atoms with Crippen LogP contribution >= 0.6 is 15.9 Å². The first-order valence-corrected chi connectivity index (χ1v) is 9.02. The fourth-order valence-electron chi connectivity index (χ4n) is 2.54. The molecule has 1 fully saturated rings. The van der Waals surface area contributed by atoms with Crippen LogP contribution in [0.3, 0.4) is 0 Å². The molecule has 1 saturated heterocycles. The van der Waals surface area contributed by atoms with E-state index >= 15 is 0 Å². The van der Waals surface area contributed by atoms with E-state index in [1.165, 1.54) is 4.31 Å². The van der Waals surface area contributed by atoms with Gasteiger partial charge in [-0.3, -0.25) is 0 Å². The van der Waals surface area contributed by atoms with Gasteiger partial charge in [0.2, 0.25) is 10.0 Å². The van der Waals surface area contributed by atoms with Crippen molar-refractivity contribution in [3.05, 3.63) is 28.2 Å². The second kappa shape index (κ2) is 6.13. The van der Waals surface area contributed by atoms with Gasteiger partial charge in [-0.05, 0) is 44.0 Å². The first kappa shape index (κ1) is 15.9. The van der Waals surface area contributed by atoms with Crippen LogP contribution in [0.25, 0.3) is 0 Å². The third-order valence-corrected chi connectivity index (χ3v) is 5.83. The summed E-state index contributed by atoms with van der Waals surface area (Å²) in [6, 6.07) is 5.34. The molecule has 6 heteroatoms. The van der Waals surface area contributed by atoms with Crippen LogP contribution < -0.4 is 0 Å². The molecule has 1 aliphatic rings. The van der Waals surface area contributed by atoms with Gasteiger partial charge in [0.05, 0.1) is 17.1 Å². The second-order valence-corrected chi connectivity index (χ2v) is 8.01. The summed E-state index contributed by atoms with van der Waals surface area (Å²) in [7, 11) is -3.45. The van der Waals surface area contributed by atoms with E-state index in [1.54, 1.807) is 12.1 Å². The molecule has 0 N–H and O–H groups in total. The molecule has 1 aliphatic heterocycles. The van der Waals surface area contributed by atoms with Gasteiger partial charge in [-0.2, -0.15) is 4.31 Å². The van der Waals surface area contributed by atoms with Gasteiger partial charge in [0.25, 0.3) is 0 Å². The topological polar surface area (TPSA) is 46.6 Å². The first-order chi connectivity index (χ1) is 9.34. The molecule has 1 aromatic rings. The summed E-state index contributed by atoms with van der Waals surface area (Å²) in [5, 5.41) is 0. The molecule has 1 heterocycles. The number of ether oxygens (including phenoxy) is 1. The van der Waals surface area contributed by atoms with Gasteiger partial charge in [0.1, 0.15) is 0 Å². The molecule has 0 aliphatic carbocycles. The van der Waals surface area contributed by atoms with Gasteiger partial charge in [0.15, 0.2) is 0 Å². The molecule has 4 nitrogen and oxygen atoms in total. The SMILES string of the molecule is CCc1cc(Br)ccc1S(=O)(=O)N1C[C@@H](C)O[C@@H](C)C1. The Balaban J connectivity index is 2.39. The van der Waals surface area contributed by atoms with Crippen molar-refractivity contribution in [1.29, 1.82) is 0 Å². The number of nitrogens with zero attached hydrogens (tertiary/aromatic N) is 1. The van der Waals surface area contributed by atoms with Crippen LogP contribution in [-0.4, -0.2) is 38.0 Å². The minimum absolute atomic E-state index is 0.0750. The molecule has 112 valence electrons. The van der Waals surface area contributed by atoms with Gasteiger partial charge in [-0.1, -0.05) is 22.9 Å². The summed E-state index contributed by atoms with van der Waals surface area (Å²) in [6.45, 7) is 6.59. The van der Waals surface area contributed by atoms with Gasteiger partial charge < -0.3 is 4.74 Å². The Hall–Kier alpha value is -0.430. The second-order valence-electron chi connectivity index (χ2n) is 5.18. The van der Waals surface area contributed by atoms with Crippen LogP contribution in [0, 0.1) is 0 Å². The molecule has 0 spiro atoms. The largest absolute Gasteiger partial charge is 0.373 e. The van der Waals surface area contributed by atoms with Crippen molar-refractivity contribution in [3.63, 3.8) is 0 Å². The lowest BCUT2D eigenvalue weighted by molar-refractivity contribution is -0.0441. The van der Waals surface area contributed by atoms with Crippen molar-refractivity contribution in [2.24, 2.45) is 0 Å². The fourth-order valence-corrected chi connectivity index (χ4v) is 4.82. The third-order valence-electron chi connectivity index (χ3n) is 3.41. The third kappa shape index (κ3) is 3.24. The van der Waals surface area contributed by atoms with Gasteiger partial charge in [-0.15, -0.1) is 0 Å². The predicted molar refractivity (Wildman–Crippen MR) is 82.3 cm³/mol. The zero-order valence-corrected chi connectivity index (χ0v) is 14.4. The highest BCUT2D eigenvalue weighted by Gasteiger charge is 2.33. The van der Waals surface area contributed by atoms with Crippen molar-refractivity contribution < 1.29 is 13.2 Å². The molecule has 0 radical (unpaired) electrons. The molecule has 0 aromatic heterocycles. The number of hydrogen-bond acceptors (Lipinski definition) is 3. The highest BCUT2D eigenvalue weighted by atomic mass is 79.9. The summed E-state index contributed by atoms with van der Waals surface area (Å²) in [4.78, 5) is 0.407. The smallest absolute Gasteiger partial charge is 0.243 e. The summed E-state index contributed by atoms with van der Waals surface area (Å²) in [5.41, 5.74) is 0.839. The van der Waals surface area contributed by atoms with E-state index in [0.29, 0.717) is 24.4 Å². The van der Waals surface area contributed by atoms with E-state index in [1.807, 2.05) is 26.8 Å². The lowest BCUT2D eigenvalue weighted by Gasteiger charge is -2.34. The van der Waals surface area contributed by atoms with Gasteiger partial charge in [-0.25, -0.2) is 8.42 Å². The van der Waals surface area contributed by atoms with Crippen LogP contribution in [0.5, 0.6) is 0 Å². The highest BCUT2D eigenvalue weighted by Crippen LogP contribution is 2.26. The molecule has 20 heavy (non-hydrogen) atoms. The molecule has 1 aromatic carbocycles. The average Bonchev–Trinajstić information content (AvgIpc) is 2.37. The number of halogens is 1. The molecule has 2 rings (SSSR count). The van der Waals surface area contributed by atoms with Crippen LogP contribution in [0.2, 0.25) is 0 Å². The lowest BCUT2D eigenvalue weighted by atomic mass is 10.2. The number of sulfonamides is 1. The molecular weight excluding hydrogens is 342 g/mol. The fraction of sp³-hybridized carbons (Fsp3) is 0.571. The van der Waals surface area contributed by atoms with Crippen LogP contribution in [0.1, 0.15) is 26.3 Å². The number of morpholine rings is 1. The van der Waals surface area contributed by atoms with Crippen molar-refractivity contribution in [1.82, 2.24) is 4.31 Å². The Kier molecular flexibility index (Phi) is 4.89. The van der Waals surface area contributed by atoms with Crippen molar-refractivity contribution in [3.8, 4) is 0 Å². The predicted octanol–water partition coefficient (Wildman–Crippen LogP) is 2.81. The number of benzene rings is 1. The van der Waals surface area contributed by atoms with Gasteiger partial charge >= 0.3 is 0 Å². The first-order valence-electron chi connectivity index (χ1n) is 6.78. The van der Waals surface area contributed by atoms with Crippen molar-refractivity contribution in [2.45, 2.75) is 44.3 Å². The summed E-state index contributed by atoms with van der Waals surface area (Å²) in [5.74, 6) is 0. The number of aryl methyl sites for hydroxylation is 1. The normalized spacial score (nSPS) is 24.8. The lowest BCUT2D eigenvalue weighted by Crippen LogP contribution is -2.48. The minimum Gasteiger partial charge on any atom is -0.373 e. The number of hydrogen-bond donors (Lipinski definition) is 0. The van der Waals surface area contributed by atoms with E-state index in [-0.39, 0.29) is 12.2 Å². The Morgan fingerprint density at radius 1 is 1.30 bits per heavy atom. The van der Waals surface area contributed by atoms with Crippen molar-refractivity contribution in [2.75, 3.05) is 13.1 Å². The maximum Gasteiger partial charge on any atom is 0.243 e. The quantitative estimate of drug-likeness (QED) is 0.831. The van der Waals surface area contributed by atoms with Crippen LogP contribution in [0.15, 0.2) is 27.6 Å².